The van der Waals surface area contributed by atoms with Gasteiger partial charge in [0, 0.05) is 18.2 Å². The molecule has 0 atom stereocenters. The highest BCUT2D eigenvalue weighted by molar-refractivity contribution is 7.99. The number of aromatic amines is 1. The molecule has 5 nitrogen and oxygen atoms in total. The Hall–Kier alpha value is -1.69. The number of benzene rings is 1. The third kappa shape index (κ3) is 3.74. The van der Waals surface area contributed by atoms with E-state index in [-0.39, 0.29) is 18.0 Å². The Balaban J connectivity index is 2.06. The number of fused-ring (bicyclic) bond motifs is 1. The van der Waals surface area contributed by atoms with Crippen molar-refractivity contribution in [1.82, 2.24) is 14.9 Å². The van der Waals surface area contributed by atoms with Crippen molar-refractivity contribution < 1.29 is 9.53 Å². The summed E-state index contributed by atoms with van der Waals surface area (Å²) in [6, 6.07) is 6.09. The number of imidazole rings is 1. The van der Waals surface area contributed by atoms with Crippen molar-refractivity contribution in [2.75, 3.05) is 12.9 Å². The topological polar surface area (TPSA) is 58.2 Å². The monoisotopic (exact) mass is 321 g/mol. The summed E-state index contributed by atoms with van der Waals surface area (Å²) in [5.74, 6) is 1.30. The molecule has 1 N–H and O–H groups in total. The number of hydrogen-bond donors (Lipinski definition) is 1. The molecular weight excluding hydrogens is 298 g/mol. The van der Waals surface area contributed by atoms with Crippen LogP contribution in [0, 0.1) is 0 Å². The number of hydrogen-bond acceptors (Lipinski definition) is 4. The zero-order valence-corrected chi connectivity index (χ0v) is 14.5. The number of rotatable bonds is 6. The number of carbonyl (C=O) groups excluding carboxylic acids is 1. The Morgan fingerprint density at radius 3 is 2.59 bits per heavy atom. The van der Waals surface area contributed by atoms with E-state index in [1.54, 1.807) is 7.11 Å². The van der Waals surface area contributed by atoms with E-state index in [2.05, 4.69) is 9.97 Å². The molecule has 6 heteroatoms. The first-order chi connectivity index (χ1) is 10.4. The molecule has 0 radical (unpaired) electrons. The van der Waals surface area contributed by atoms with Gasteiger partial charge in [-0.25, -0.2) is 4.98 Å². The van der Waals surface area contributed by atoms with E-state index in [9.17, 15) is 4.79 Å². The van der Waals surface area contributed by atoms with Crippen LogP contribution in [-0.2, 0) is 4.79 Å². The van der Waals surface area contributed by atoms with Crippen molar-refractivity contribution in [3.05, 3.63) is 18.2 Å². The van der Waals surface area contributed by atoms with Crippen molar-refractivity contribution in [1.29, 1.82) is 0 Å². The van der Waals surface area contributed by atoms with Gasteiger partial charge in [-0.2, -0.15) is 0 Å². The molecule has 2 rings (SSSR count). The van der Waals surface area contributed by atoms with Gasteiger partial charge >= 0.3 is 0 Å². The SMILES string of the molecule is COc1ccc2nc(SCC(=O)N(C(C)C)C(C)C)[nH]c2c1. The van der Waals surface area contributed by atoms with E-state index in [1.807, 2.05) is 50.8 Å². The van der Waals surface area contributed by atoms with Crippen molar-refractivity contribution in [2.24, 2.45) is 0 Å². The maximum absolute atomic E-state index is 12.4. The summed E-state index contributed by atoms with van der Waals surface area (Å²) in [5.41, 5.74) is 1.79. The molecule has 0 saturated heterocycles. The fourth-order valence-corrected chi connectivity index (χ4v) is 3.29. The van der Waals surface area contributed by atoms with Crippen LogP contribution in [0.25, 0.3) is 11.0 Å². The molecule has 0 fully saturated rings. The third-order valence-corrected chi connectivity index (χ3v) is 4.26. The predicted octanol–water partition coefficient (Wildman–Crippen LogP) is 3.31. The second-order valence-electron chi connectivity index (χ2n) is 5.70. The van der Waals surface area contributed by atoms with Crippen molar-refractivity contribution in [3.63, 3.8) is 0 Å². The number of thioether (sulfide) groups is 1. The Labute approximate surface area is 135 Å². The van der Waals surface area contributed by atoms with Crippen LogP contribution in [0.5, 0.6) is 5.75 Å². The van der Waals surface area contributed by atoms with E-state index < -0.39 is 0 Å². The lowest BCUT2D eigenvalue weighted by atomic mass is 10.2. The lowest BCUT2D eigenvalue weighted by Crippen LogP contribution is -2.43. The minimum Gasteiger partial charge on any atom is -0.497 e. The van der Waals surface area contributed by atoms with E-state index in [0.29, 0.717) is 5.75 Å². The van der Waals surface area contributed by atoms with Crippen LogP contribution >= 0.6 is 11.8 Å². The predicted molar refractivity (Wildman–Crippen MR) is 90.5 cm³/mol. The Bertz CT molecular complexity index is 644. The number of amides is 1. The Morgan fingerprint density at radius 2 is 2.00 bits per heavy atom. The molecule has 0 spiro atoms. The average molecular weight is 321 g/mol. The number of methoxy groups -OCH3 is 1. The summed E-state index contributed by atoms with van der Waals surface area (Å²) in [4.78, 5) is 22.0. The van der Waals surface area contributed by atoms with E-state index >= 15 is 0 Å². The third-order valence-electron chi connectivity index (χ3n) is 3.40. The standard InChI is InChI=1S/C16H23N3O2S/c1-10(2)19(11(3)4)15(20)9-22-16-17-13-7-6-12(21-5)8-14(13)18-16/h6-8,10-11H,9H2,1-5H3,(H,17,18). The smallest absolute Gasteiger partial charge is 0.233 e. The van der Waals surface area contributed by atoms with Gasteiger partial charge in [-0.15, -0.1) is 0 Å². The summed E-state index contributed by atoms with van der Waals surface area (Å²) >= 11 is 1.43. The van der Waals surface area contributed by atoms with Crippen LogP contribution in [-0.4, -0.2) is 45.7 Å². The minimum absolute atomic E-state index is 0.132. The van der Waals surface area contributed by atoms with Crippen LogP contribution in [0.1, 0.15) is 27.7 Å². The molecule has 0 aliphatic carbocycles. The zero-order valence-electron chi connectivity index (χ0n) is 13.7. The highest BCUT2D eigenvalue weighted by Crippen LogP contribution is 2.23. The van der Waals surface area contributed by atoms with Gasteiger partial charge in [0.15, 0.2) is 5.16 Å². The molecule has 1 heterocycles. The highest BCUT2D eigenvalue weighted by atomic mass is 32.2. The van der Waals surface area contributed by atoms with Gasteiger partial charge in [-0.05, 0) is 39.8 Å². The van der Waals surface area contributed by atoms with Gasteiger partial charge in [0.2, 0.25) is 5.91 Å². The molecule has 0 saturated carbocycles. The Kier molecular flexibility index (Phi) is 5.34. The molecule has 1 amide bonds. The largest absolute Gasteiger partial charge is 0.497 e. The lowest BCUT2D eigenvalue weighted by molar-refractivity contribution is -0.131. The molecule has 0 aliphatic heterocycles. The van der Waals surface area contributed by atoms with E-state index in [4.69, 9.17) is 4.74 Å². The normalized spacial score (nSPS) is 11.4. The first kappa shape index (κ1) is 16.7. The molecule has 22 heavy (non-hydrogen) atoms. The Morgan fingerprint density at radius 1 is 1.32 bits per heavy atom. The van der Waals surface area contributed by atoms with Crippen LogP contribution in [0.15, 0.2) is 23.4 Å². The molecule has 1 aromatic heterocycles. The molecule has 120 valence electrons. The van der Waals surface area contributed by atoms with Crippen LogP contribution in [0.4, 0.5) is 0 Å². The summed E-state index contributed by atoms with van der Waals surface area (Å²) in [6.07, 6.45) is 0. The minimum atomic E-state index is 0.132. The number of nitrogens with zero attached hydrogens (tertiary/aromatic N) is 2. The second-order valence-corrected chi connectivity index (χ2v) is 6.67. The molecule has 2 aromatic rings. The van der Waals surface area contributed by atoms with Gasteiger partial charge in [-0.1, -0.05) is 11.8 Å². The number of carbonyl (C=O) groups is 1. The first-order valence-electron chi connectivity index (χ1n) is 7.40. The molecule has 0 bridgehead atoms. The molecule has 1 aromatic carbocycles. The van der Waals surface area contributed by atoms with Crippen LogP contribution in [0.2, 0.25) is 0 Å². The maximum atomic E-state index is 12.4. The van der Waals surface area contributed by atoms with Crippen LogP contribution < -0.4 is 4.74 Å². The average Bonchev–Trinajstić information content (AvgIpc) is 2.85. The quantitative estimate of drug-likeness (QED) is 0.829. The summed E-state index contributed by atoms with van der Waals surface area (Å²) in [6.45, 7) is 8.15. The molecule has 0 unspecified atom stereocenters. The fraction of sp³-hybridized carbons (Fsp3) is 0.500. The number of H-pyrrole nitrogens is 1. The molecular formula is C16H23N3O2S. The number of ether oxygens (including phenoxy) is 1. The summed E-state index contributed by atoms with van der Waals surface area (Å²) < 4.78 is 5.20. The van der Waals surface area contributed by atoms with Gasteiger partial charge in [-0.3, -0.25) is 4.79 Å². The van der Waals surface area contributed by atoms with Crippen molar-refractivity contribution in [2.45, 2.75) is 44.9 Å². The maximum Gasteiger partial charge on any atom is 0.233 e. The van der Waals surface area contributed by atoms with Gasteiger partial charge in [0.25, 0.3) is 0 Å². The molecule has 0 aliphatic rings. The van der Waals surface area contributed by atoms with Gasteiger partial charge in [0.05, 0.1) is 23.9 Å². The number of nitrogens with one attached hydrogen (secondary N) is 1. The fourth-order valence-electron chi connectivity index (χ4n) is 2.54. The van der Waals surface area contributed by atoms with Gasteiger partial charge in [0.1, 0.15) is 5.75 Å². The summed E-state index contributed by atoms with van der Waals surface area (Å²) in [7, 11) is 1.64. The zero-order chi connectivity index (χ0) is 16.3. The second kappa shape index (κ2) is 7.05. The van der Waals surface area contributed by atoms with Crippen LogP contribution in [0.3, 0.4) is 0 Å². The van der Waals surface area contributed by atoms with E-state index in [0.717, 1.165) is 21.9 Å². The first-order valence-corrected chi connectivity index (χ1v) is 8.38. The number of aromatic nitrogens is 2. The van der Waals surface area contributed by atoms with Gasteiger partial charge < -0.3 is 14.6 Å². The summed E-state index contributed by atoms with van der Waals surface area (Å²) in [5, 5.41) is 0.754. The van der Waals surface area contributed by atoms with Crippen molar-refractivity contribution in [3.8, 4) is 5.75 Å². The van der Waals surface area contributed by atoms with Crippen molar-refractivity contribution >= 4 is 28.7 Å². The lowest BCUT2D eigenvalue weighted by Gasteiger charge is -2.30. The highest BCUT2D eigenvalue weighted by Gasteiger charge is 2.20. The van der Waals surface area contributed by atoms with E-state index in [1.165, 1.54) is 11.8 Å².